The molecule has 0 saturated heterocycles. The summed E-state index contributed by atoms with van der Waals surface area (Å²) in [7, 11) is 3.64. The summed E-state index contributed by atoms with van der Waals surface area (Å²) in [4.78, 5) is 2.21. The lowest BCUT2D eigenvalue weighted by molar-refractivity contribution is 0.144. The maximum Gasteiger partial charge on any atom is 0.0635 e. The minimum atomic E-state index is 0.542. The highest BCUT2D eigenvalue weighted by molar-refractivity contribution is 5.08. The molecule has 94 valence electrons. The van der Waals surface area contributed by atoms with Crippen LogP contribution in [-0.2, 0) is 18.3 Å². The quantitative estimate of drug-likeness (QED) is 0.711. The highest BCUT2D eigenvalue weighted by Crippen LogP contribution is 2.06. The zero-order valence-corrected chi connectivity index (χ0v) is 10.8. The maximum atomic E-state index is 8.64. The Morgan fingerprint density at radius 3 is 2.82 bits per heavy atom. The Morgan fingerprint density at radius 2 is 2.29 bits per heavy atom. The molecule has 1 aromatic heterocycles. The van der Waals surface area contributed by atoms with E-state index < -0.39 is 0 Å². The fraction of sp³-hybridized carbons (Fsp3) is 0.667. The molecule has 1 aromatic rings. The van der Waals surface area contributed by atoms with Gasteiger partial charge in [0.1, 0.15) is 0 Å². The number of aryl methyl sites for hydroxylation is 2. The van der Waals surface area contributed by atoms with Gasteiger partial charge in [0.2, 0.25) is 0 Å². The number of nitriles is 1. The van der Waals surface area contributed by atoms with Crippen molar-refractivity contribution in [1.29, 1.82) is 5.26 Å². The van der Waals surface area contributed by atoms with Crippen LogP contribution in [-0.4, -0.2) is 41.5 Å². The van der Waals surface area contributed by atoms with Crippen LogP contribution in [0, 0.1) is 18.3 Å². The van der Waals surface area contributed by atoms with Crippen LogP contribution < -0.4 is 0 Å². The Balaban J connectivity index is 2.58. The van der Waals surface area contributed by atoms with Crippen molar-refractivity contribution < 1.29 is 4.74 Å². The topological polar surface area (TPSA) is 54.1 Å². The van der Waals surface area contributed by atoms with Gasteiger partial charge in [-0.2, -0.15) is 10.4 Å². The molecule has 0 saturated carbocycles. The summed E-state index contributed by atoms with van der Waals surface area (Å²) in [5.74, 6) is 0. The molecule has 0 aromatic carbocycles. The molecule has 0 aliphatic rings. The highest BCUT2D eigenvalue weighted by Gasteiger charge is 2.09. The minimum Gasteiger partial charge on any atom is -0.383 e. The van der Waals surface area contributed by atoms with Gasteiger partial charge in [0.05, 0.1) is 24.1 Å². The van der Waals surface area contributed by atoms with Gasteiger partial charge in [-0.1, -0.05) is 0 Å². The first-order valence-electron chi connectivity index (χ1n) is 5.75. The van der Waals surface area contributed by atoms with Crippen molar-refractivity contribution in [2.45, 2.75) is 19.9 Å². The second-order valence-electron chi connectivity index (χ2n) is 4.08. The second kappa shape index (κ2) is 7.05. The van der Waals surface area contributed by atoms with Gasteiger partial charge >= 0.3 is 0 Å². The van der Waals surface area contributed by atoms with Crippen molar-refractivity contribution >= 4 is 0 Å². The van der Waals surface area contributed by atoms with Gasteiger partial charge in [-0.3, -0.25) is 9.58 Å². The predicted octanol–water partition coefficient (Wildman–Crippen LogP) is 1.09. The molecule has 0 radical (unpaired) electrons. The van der Waals surface area contributed by atoms with Crippen LogP contribution in [0.5, 0.6) is 0 Å². The normalized spacial score (nSPS) is 10.8. The molecule has 0 amide bonds. The number of methoxy groups -OCH3 is 1. The molecule has 0 aliphatic heterocycles. The number of ether oxygens (including phenoxy) is 1. The van der Waals surface area contributed by atoms with E-state index in [9.17, 15) is 0 Å². The Bertz CT molecular complexity index is 380. The van der Waals surface area contributed by atoms with Crippen LogP contribution in [0.2, 0.25) is 0 Å². The van der Waals surface area contributed by atoms with Gasteiger partial charge < -0.3 is 4.74 Å². The van der Waals surface area contributed by atoms with Crippen LogP contribution in [0.4, 0.5) is 0 Å². The number of hydrogen-bond acceptors (Lipinski definition) is 4. The number of nitrogens with zero attached hydrogens (tertiary/aromatic N) is 4. The molecule has 17 heavy (non-hydrogen) atoms. The summed E-state index contributed by atoms with van der Waals surface area (Å²) in [6, 6.07) is 4.25. The van der Waals surface area contributed by atoms with Crippen molar-refractivity contribution in [1.82, 2.24) is 14.7 Å². The third kappa shape index (κ3) is 4.55. The predicted molar refractivity (Wildman–Crippen MR) is 65.3 cm³/mol. The lowest BCUT2D eigenvalue weighted by Gasteiger charge is -2.20. The van der Waals surface area contributed by atoms with Crippen molar-refractivity contribution in [3.63, 3.8) is 0 Å². The SMILES string of the molecule is COCCN(CCC#N)Cc1cc(C)nn1C. The van der Waals surface area contributed by atoms with Gasteiger partial charge in [0.25, 0.3) is 0 Å². The van der Waals surface area contributed by atoms with E-state index in [1.54, 1.807) is 7.11 Å². The number of hydrogen-bond donors (Lipinski definition) is 0. The van der Waals surface area contributed by atoms with Crippen LogP contribution in [0.3, 0.4) is 0 Å². The third-order valence-electron chi connectivity index (χ3n) is 2.64. The van der Waals surface area contributed by atoms with E-state index in [-0.39, 0.29) is 0 Å². The fourth-order valence-corrected chi connectivity index (χ4v) is 1.74. The van der Waals surface area contributed by atoms with E-state index in [4.69, 9.17) is 10.00 Å². The zero-order chi connectivity index (χ0) is 12.7. The summed E-state index contributed by atoms with van der Waals surface area (Å²) < 4.78 is 6.97. The Morgan fingerprint density at radius 1 is 1.53 bits per heavy atom. The van der Waals surface area contributed by atoms with E-state index in [0.717, 1.165) is 31.0 Å². The number of rotatable bonds is 7. The van der Waals surface area contributed by atoms with Crippen molar-refractivity contribution in [2.24, 2.45) is 7.05 Å². The van der Waals surface area contributed by atoms with E-state index in [0.29, 0.717) is 13.0 Å². The number of aromatic nitrogens is 2. The standard InChI is InChI=1S/C12H20N4O/c1-11-9-12(15(2)14-11)10-16(6-4-5-13)7-8-17-3/h9H,4,6-8,10H2,1-3H3. The van der Waals surface area contributed by atoms with Crippen molar-refractivity contribution in [3.05, 3.63) is 17.5 Å². The van der Waals surface area contributed by atoms with Crippen molar-refractivity contribution in [3.8, 4) is 6.07 Å². The van der Waals surface area contributed by atoms with Crippen LogP contribution >= 0.6 is 0 Å². The summed E-state index contributed by atoms with van der Waals surface area (Å²) in [6.07, 6.45) is 0.542. The van der Waals surface area contributed by atoms with Gasteiger partial charge in [0, 0.05) is 40.2 Å². The van der Waals surface area contributed by atoms with Crippen molar-refractivity contribution in [2.75, 3.05) is 26.8 Å². The largest absolute Gasteiger partial charge is 0.383 e. The molecule has 0 fully saturated rings. The molecule has 1 rings (SSSR count). The molecule has 0 unspecified atom stereocenters. The smallest absolute Gasteiger partial charge is 0.0635 e. The van der Waals surface area contributed by atoms with Gasteiger partial charge in [-0.15, -0.1) is 0 Å². The average Bonchev–Trinajstić information content (AvgIpc) is 2.61. The molecule has 0 bridgehead atoms. The molecule has 5 heteroatoms. The molecule has 0 atom stereocenters. The molecular weight excluding hydrogens is 216 g/mol. The van der Waals surface area contributed by atoms with Gasteiger partial charge in [-0.05, 0) is 13.0 Å². The molecular formula is C12H20N4O. The summed E-state index contributed by atoms with van der Waals surface area (Å²) in [5.41, 5.74) is 2.19. The monoisotopic (exact) mass is 236 g/mol. The Hall–Kier alpha value is -1.38. The molecule has 0 spiro atoms. The Labute approximate surface area is 103 Å². The van der Waals surface area contributed by atoms with Crippen LogP contribution in [0.1, 0.15) is 17.8 Å². The van der Waals surface area contributed by atoms with Crippen LogP contribution in [0.15, 0.2) is 6.07 Å². The van der Waals surface area contributed by atoms with E-state index >= 15 is 0 Å². The Kier molecular flexibility index (Phi) is 5.67. The highest BCUT2D eigenvalue weighted by atomic mass is 16.5. The van der Waals surface area contributed by atoms with E-state index in [1.807, 2.05) is 18.7 Å². The second-order valence-corrected chi connectivity index (χ2v) is 4.08. The lowest BCUT2D eigenvalue weighted by Crippen LogP contribution is -2.28. The van der Waals surface area contributed by atoms with Gasteiger partial charge in [0.15, 0.2) is 0 Å². The first kappa shape index (κ1) is 13.7. The first-order valence-corrected chi connectivity index (χ1v) is 5.75. The first-order chi connectivity index (χ1) is 8.17. The lowest BCUT2D eigenvalue weighted by atomic mass is 10.3. The summed E-state index contributed by atoms with van der Waals surface area (Å²) >= 11 is 0. The summed E-state index contributed by atoms with van der Waals surface area (Å²) in [6.45, 7) is 5.08. The maximum absolute atomic E-state index is 8.64. The zero-order valence-electron chi connectivity index (χ0n) is 10.8. The summed E-state index contributed by atoms with van der Waals surface area (Å²) in [5, 5.41) is 13.0. The van der Waals surface area contributed by atoms with E-state index in [2.05, 4.69) is 22.1 Å². The van der Waals surface area contributed by atoms with Crippen LogP contribution in [0.25, 0.3) is 0 Å². The third-order valence-corrected chi connectivity index (χ3v) is 2.64. The molecule has 1 heterocycles. The average molecular weight is 236 g/mol. The fourth-order valence-electron chi connectivity index (χ4n) is 1.74. The minimum absolute atomic E-state index is 0.542. The molecule has 0 aliphatic carbocycles. The molecule has 0 N–H and O–H groups in total. The molecule has 5 nitrogen and oxygen atoms in total. The van der Waals surface area contributed by atoms with E-state index in [1.165, 1.54) is 0 Å². The van der Waals surface area contributed by atoms with Gasteiger partial charge in [-0.25, -0.2) is 0 Å².